The van der Waals surface area contributed by atoms with Gasteiger partial charge in [0.25, 0.3) is 0 Å². The van der Waals surface area contributed by atoms with Crippen LogP contribution < -0.4 is 5.73 Å². The van der Waals surface area contributed by atoms with Gasteiger partial charge in [0.15, 0.2) is 0 Å². The molecule has 0 bridgehead atoms. The number of hydrogen-bond donors (Lipinski definition) is 1. The Labute approximate surface area is 79.6 Å². The van der Waals surface area contributed by atoms with Crippen molar-refractivity contribution < 1.29 is 9.53 Å². The van der Waals surface area contributed by atoms with Crippen LogP contribution in [0.3, 0.4) is 0 Å². The summed E-state index contributed by atoms with van der Waals surface area (Å²) in [6.07, 6.45) is 6.54. The largest absolute Gasteiger partial charge is 0.469 e. The Morgan fingerprint density at radius 1 is 1.62 bits per heavy atom. The third kappa shape index (κ3) is 4.88. The highest BCUT2D eigenvalue weighted by Gasteiger charge is 2.20. The minimum absolute atomic E-state index is 0.00815. The van der Waals surface area contributed by atoms with Crippen molar-refractivity contribution in [3.63, 3.8) is 0 Å². The Kier molecular flexibility index (Phi) is 4.22. The molecule has 13 heavy (non-hydrogen) atoms. The lowest BCUT2D eigenvalue weighted by atomic mass is 10.1. The van der Waals surface area contributed by atoms with E-state index in [1.165, 1.54) is 26.4 Å². The molecule has 0 aromatic rings. The summed E-state index contributed by atoms with van der Waals surface area (Å²) in [6.45, 7) is 0. The van der Waals surface area contributed by atoms with Crippen molar-refractivity contribution in [2.75, 3.05) is 7.11 Å². The first kappa shape index (κ1) is 10.5. The van der Waals surface area contributed by atoms with E-state index in [0.717, 1.165) is 18.8 Å². The number of methoxy groups -OCH3 is 1. The monoisotopic (exact) mass is 185 g/mol. The molecule has 1 aliphatic rings. The molecule has 1 aliphatic carbocycles. The van der Waals surface area contributed by atoms with Gasteiger partial charge in [-0.25, -0.2) is 0 Å². The maximum Gasteiger partial charge on any atom is 0.307 e. The molecule has 76 valence electrons. The summed E-state index contributed by atoms with van der Waals surface area (Å²) in [5.74, 6) is 0.768. The number of ether oxygens (including phenoxy) is 1. The molecule has 0 amide bonds. The van der Waals surface area contributed by atoms with E-state index < -0.39 is 0 Å². The van der Waals surface area contributed by atoms with Gasteiger partial charge in [-0.05, 0) is 12.3 Å². The van der Waals surface area contributed by atoms with Crippen LogP contribution in [0.15, 0.2) is 0 Å². The molecular formula is C10H19NO2. The molecule has 3 nitrogen and oxygen atoms in total. The molecule has 0 spiro atoms. The SMILES string of the molecule is COC(=O)CC(N)CCCC1CC1. The molecule has 0 aromatic carbocycles. The van der Waals surface area contributed by atoms with E-state index in [9.17, 15) is 4.79 Å². The molecule has 1 rings (SSSR count). The van der Waals surface area contributed by atoms with E-state index in [0.29, 0.717) is 6.42 Å². The zero-order chi connectivity index (χ0) is 9.68. The van der Waals surface area contributed by atoms with E-state index in [-0.39, 0.29) is 12.0 Å². The van der Waals surface area contributed by atoms with Crippen molar-refractivity contribution in [3.05, 3.63) is 0 Å². The lowest BCUT2D eigenvalue weighted by molar-refractivity contribution is -0.141. The topological polar surface area (TPSA) is 52.3 Å². The van der Waals surface area contributed by atoms with Crippen LogP contribution in [0.1, 0.15) is 38.5 Å². The van der Waals surface area contributed by atoms with E-state index in [4.69, 9.17) is 5.73 Å². The van der Waals surface area contributed by atoms with Gasteiger partial charge in [0, 0.05) is 6.04 Å². The predicted molar refractivity (Wildman–Crippen MR) is 51.2 cm³/mol. The second kappa shape index (κ2) is 5.22. The van der Waals surface area contributed by atoms with Crippen LogP contribution in [-0.2, 0) is 9.53 Å². The lowest BCUT2D eigenvalue weighted by Crippen LogP contribution is -2.24. The Bertz CT molecular complexity index is 166. The van der Waals surface area contributed by atoms with Crippen molar-refractivity contribution in [2.24, 2.45) is 11.7 Å². The number of esters is 1. The highest BCUT2D eigenvalue weighted by atomic mass is 16.5. The van der Waals surface area contributed by atoms with Crippen LogP contribution >= 0.6 is 0 Å². The molecule has 0 aliphatic heterocycles. The number of carbonyl (C=O) groups excluding carboxylic acids is 1. The Morgan fingerprint density at radius 2 is 2.31 bits per heavy atom. The molecule has 3 heteroatoms. The van der Waals surface area contributed by atoms with Crippen molar-refractivity contribution >= 4 is 5.97 Å². The van der Waals surface area contributed by atoms with Gasteiger partial charge in [-0.3, -0.25) is 4.79 Å². The van der Waals surface area contributed by atoms with Gasteiger partial charge in [0.1, 0.15) is 0 Å². The van der Waals surface area contributed by atoms with Crippen LogP contribution in [-0.4, -0.2) is 19.1 Å². The second-order valence-electron chi connectivity index (χ2n) is 3.91. The number of rotatable bonds is 6. The van der Waals surface area contributed by atoms with Gasteiger partial charge in [-0.2, -0.15) is 0 Å². The lowest BCUT2D eigenvalue weighted by Gasteiger charge is -2.08. The van der Waals surface area contributed by atoms with Crippen molar-refractivity contribution in [3.8, 4) is 0 Å². The van der Waals surface area contributed by atoms with Crippen LogP contribution in [0.4, 0.5) is 0 Å². The summed E-state index contributed by atoms with van der Waals surface area (Å²) >= 11 is 0. The van der Waals surface area contributed by atoms with Gasteiger partial charge < -0.3 is 10.5 Å². The van der Waals surface area contributed by atoms with Crippen molar-refractivity contribution in [1.82, 2.24) is 0 Å². The van der Waals surface area contributed by atoms with Gasteiger partial charge in [-0.15, -0.1) is 0 Å². The Morgan fingerprint density at radius 3 is 2.85 bits per heavy atom. The minimum atomic E-state index is -0.195. The smallest absolute Gasteiger partial charge is 0.307 e. The standard InChI is InChI=1S/C10H19NO2/c1-13-10(12)7-9(11)4-2-3-8-5-6-8/h8-9H,2-7,11H2,1H3. The molecule has 2 N–H and O–H groups in total. The molecular weight excluding hydrogens is 166 g/mol. The third-order valence-corrected chi connectivity index (χ3v) is 2.54. The van der Waals surface area contributed by atoms with E-state index in [1.54, 1.807) is 0 Å². The van der Waals surface area contributed by atoms with Crippen LogP contribution in [0.5, 0.6) is 0 Å². The molecule has 1 saturated carbocycles. The molecule has 0 aromatic heterocycles. The average molecular weight is 185 g/mol. The summed E-state index contributed by atoms with van der Waals surface area (Å²) in [5, 5.41) is 0. The predicted octanol–water partition coefficient (Wildman–Crippen LogP) is 1.46. The highest BCUT2D eigenvalue weighted by Crippen LogP contribution is 2.33. The Balaban J connectivity index is 1.95. The van der Waals surface area contributed by atoms with E-state index in [1.807, 2.05) is 0 Å². The molecule has 1 fully saturated rings. The number of carbonyl (C=O) groups is 1. The summed E-state index contributed by atoms with van der Waals surface area (Å²) in [7, 11) is 1.40. The van der Waals surface area contributed by atoms with Gasteiger partial charge >= 0.3 is 5.97 Å². The fraction of sp³-hybridized carbons (Fsp3) is 0.900. The van der Waals surface area contributed by atoms with Crippen molar-refractivity contribution in [1.29, 1.82) is 0 Å². The summed E-state index contributed by atoms with van der Waals surface area (Å²) < 4.78 is 4.54. The van der Waals surface area contributed by atoms with Crippen molar-refractivity contribution in [2.45, 2.75) is 44.6 Å². The first-order chi connectivity index (χ1) is 6.22. The zero-order valence-electron chi connectivity index (χ0n) is 8.29. The fourth-order valence-corrected chi connectivity index (χ4v) is 1.47. The van der Waals surface area contributed by atoms with E-state index >= 15 is 0 Å². The number of hydrogen-bond acceptors (Lipinski definition) is 3. The van der Waals surface area contributed by atoms with Gasteiger partial charge in [0.05, 0.1) is 13.5 Å². The third-order valence-electron chi connectivity index (χ3n) is 2.54. The summed E-state index contributed by atoms with van der Waals surface area (Å²) in [5.41, 5.74) is 5.76. The first-order valence-corrected chi connectivity index (χ1v) is 5.04. The van der Waals surface area contributed by atoms with Crippen LogP contribution in [0, 0.1) is 5.92 Å². The Hall–Kier alpha value is -0.570. The normalized spacial score (nSPS) is 18.3. The van der Waals surface area contributed by atoms with E-state index in [2.05, 4.69) is 4.74 Å². The summed E-state index contributed by atoms with van der Waals surface area (Å²) in [6, 6.07) is -0.00815. The van der Waals surface area contributed by atoms with Crippen LogP contribution in [0.25, 0.3) is 0 Å². The highest BCUT2D eigenvalue weighted by molar-refractivity contribution is 5.69. The zero-order valence-corrected chi connectivity index (χ0v) is 8.29. The fourth-order valence-electron chi connectivity index (χ4n) is 1.47. The average Bonchev–Trinajstić information content (AvgIpc) is 2.88. The van der Waals surface area contributed by atoms with Gasteiger partial charge in [-0.1, -0.05) is 25.7 Å². The molecule has 0 heterocycles. The maximum absolute atomic E-state index is 10.8. The molecule has 1 atom stereocenters. The van der Waals surface area contributed by atoms with Crippen LogP contribution in [0.2, 0.25) is 0 Å². The second-order valence-corrected chi connectivity index (χ2v) is 3.91. The number of nitrogens with two attached hydrogens (primary N) is 1. The first-order valence-electron chi connectivity index (χ1n) is 5.04. The maximum atomic E-state index is 10.8. The molecule has 0 radical (unpaired) electrons. The minimum Gasteiger partial charge on any atom is -0.469 e. The molecule has 0 saturated heterocycles. The quantitative estimate of drug-likeness (QED) is 0.637. The molecule has 1 unspecified atom stereocenters. The summed E-state index contributed by atoms with van der Waals surface area (Å²) in [4.78, 5) is 10.8. The van der Waals surface area contributed by atoms with Gasteiger partial charge in [0.2, 0.25) is 0 Å².